The van der Waals surface area contributed by atoms with E-state index in [1.54, 1.807) is 7.11 Å². The Bertz CT molecular complexity index is 1190. The number of imidazole rings is 1. The van der Waals surface area contributed by atoms with Gasteiger partial charge in [-0.15, -0.1) is 0 Å². The van der Waals surface area contributed by atoms with Gasteiger partial charge in [-0.2, -0.15) is 0 Å². The molecule has 3 nitrogen and oxygen atoms in total. The van der Waals surface area contributed by atoms with Gasteiger partial charge < -0.3 is 9.30 Å². The van der Waals surface area contributed by atoms with Gasteiger partial charge in [0, 0.05) is 12.5 Å². The Hall–Kier alpha value is -2.81. The van der Waals surface area contributed by atoms with Crippen LogP contribution in [0.2, 0.25) is 0 Å². The van der Waals surface area contributed by atoms with Gasteiger partial charge >= 0.3 is 0 Å². The molecule has 1 unspecified atom stereocenters. The van der Waals surface area contributed by atoms with E-state index in [4.69, 9.17) is 9.72 Å². The van der Waals surface area contributed by atoms with Crippen LogP contribution in [0.3, 0.4) is 0 Å². The highest BCUT2D eigenvalue weighted by Gasteiger charge is 2.18. The third-order valence-electron chi connectivity index (χ3n) is 7.13. The molecule has 180 valence electrons. The Kier molecular flexibility index (Phi) is 8.62. The van der Waals surface area contributed by atoms with Crippen LogP contribution in [0.1, 0.15) is 88.9 Å². The highest BCUT2D eigenvalue weighted by atomic mass is 16.5. The number of para-hydroxylation sites is 2. The minimum Gasteiger partial charge on any atom is -0.497 e. The molecule has 34 heavy (non-hydrogen) atoms. The van der Waals surface area contributed by atoms with Crippen molar-refractivity contribution in [3.63, 3.8) is 0 Å². The van der Waals surface area contributed by atoms with E-state index >= 15 is 0 Å². The summed E-state index contributed by atoms with van der Waals surface area (Å²) < 4.78 is 7.86. The maximum absolute atomic E-state index is 5.39. The first kappa shape index (κ1) is 24.3. The van der Waals surface area contributed by atoms with Crippen LogP contribution < -0.4 is 4.74 Å². The highest BCUT2D eigenvalue weighted by Crippen LogP contribution is 2.31. The maximum atomic E-state index is 5.39. The monoisotopic (exact) mass is 456 g/mol. The van der Waals surface area contributed by atoms with E-state index < -0.39 is 0 Å². The number of rotatable bonds is 13. The summed E-state index contributed by atoms with van der Waals surface area (Å²) >= 11 is 0. The van der Waals surface area contributed by atoms with Gasteiger partial charge in [0.2, 0.25) is 0 Å². The van der Waals surface area contributed by atoms with Gasteiger partial charge in [-0.3, -0.25) is 0 Å². The van der Waals surface area contributed by atoms with Crippen LogP contribution in [0.25, 0.3) is 21.8 Å². The second kappa shape index (κ2) is 12.1. The minimum atomic E-state index is 0.234. The van der Waals surface area contributed by atoms with Gasteiger partial charge in [-0.05, 0) is 47.0 Å². The zero-order chi connectivity index (χ0) is 23.8. The summed E-state index contributed by atoms with van der Waals surface area (Å²) in [5.74, 6) is 2.31. The summed E-state index contributed by atoms with van der Waals surface area (Å²) in [6.45, 7) is 5.62. The number of ether oxygens (including phenoxy) is 1. The number of aryl methyl sites for hydroxylation is 1. The number of aromatic nitrogens is 2. The summed E-state index contributed by atoms with van der Waals surface area (Å²) in [6.07, 6.45) is 12.1. The molecule has 1 atom stereocenters. The molecule has 3 aromatic carbocycles. The second-order valence-corrected chi connectivity index (χ2v) is 9.63. The Morgan fingerprint density at radius 2 is 1.47 bits per heavy atom. The first-order chi connectivity index (χ1) is 16.7. The lowest BCUT2D eigenvalue weighted by atomic mass is 9.97. The molecular weight excluding hydrogens is 416 g/mol. The van der Waals surface area contributed by atoms with E-state index in [1.165, 1.54) is 85.5 Å². The van der Waals surface area contributed by atoms with Crippen LogP contribution in [-0.4, -0.2) is 16.7 Å². The van der Waals surface area contributed by atoms with E-state index in [0.29, 0.717) is 0 Å². The van der Waals surface area contributed by atoms with Crippen molar-refractivity contribution in [1.82, 2.24) is 9.55 Å². The molecule has 0 aliphatic carbocycles. The van der Waals surface area contributed by atoms with Gasteiger partial charge in [0.25, 0.3) is 0 Å². The smallest absolute Gasteiger partial charge is 0.119 e. The quantitative estimate of drug-likeness (QED) is 0.188. The fraction of sp³-hybridized carbons (Fsp3) is 0.452. The normalized spacial score (nSPS) is 12.4. The van der Waals surface area contributed by atoms with Crippen molar-refractivity contribution in [2.24, 2.45) is 0 Å². The molecule has 0 N–H and O–H groups in total. The Morgan fingerprint density at radius 1 is 0.794 bits per heavy atom. The van der Waals surface area contributed by atoms with Gasteiger partial charge in [-0.1, -0.05) is 102 Å². The summed E-state index contributed by atoms with van der Waals surface area (Å²) in [4.78, 5) is 5.10. The number of unbranched alkanes of at least 4 members (excludes halogenated alkanes) is 8. The van der Waals surface area contributed by atoms with Crippen molar-refractivity contribution in [2.75, 3.05) is 7.11 Å². The maximum Gasteiger partial charge on any atom is 0.119 e. The van der Waals surface area contributed by atoms with Crippen LogP contribution in [0.5, 0.6) is 5.75 Å². The first-order valence-electron chi connectivity index (χ1n) is 13.2. The molecule has 0 amide bonds. The molecule has 0 spiro atoms. The first-order valence-corrected chi connectivity index (χ1v) is 13.2. The molecule has 0 bridgehead atoms. The number of fused-ring (bicyclic) bond motifs is 2. The van der Waals surface area contributed by atoms with Gasteiger partial charge in [0.05, 0.1) is 18.1 Å². The number of methoxy groups -OCH3 is 1. The molecule has 4 rings (SSSR count). The lowest BCUT2D eigenvalue weighted by Gasteiger charge is -2.16. The molecule has 1 heterocycles. The predicted molar refractivity (Wildman–Crippen MR) is 145 cm³/mol. The highest BCUT2D eigenvalue weighted by molar-refractivity contribution is 5.85. The number of benzene rings is 3. The zero-order valence-corrected chi connectivity index (χ0v) is 21.2. The third kappa shape index (κ3) is 5.81. The van der Waals surface area contributed by atoms with Gasteiger partial charge in [-0.25, -0.2) is 4.98 Å². The fourth-order valence-electron chi connectivity index (χ4n) is 5.03. The van der Waals surface area contributed by atoms with E-state index in [-0.39, 0.29) is 5.92 Å². The SMILES string of the molecule is CCCCCCCCCCCn1c(C(C)c2ccc3cc(OC)ccc3c2)nc2ccccc21. The number of nitrogens with zero attached hydrogens (tertiary/aromatic N) is 2. The van der Waals surface area contributed by atoms with E-state index in [0.717, 1.165) is 17.8 Å². The van der Waals surface area contributed by atoms with E-state index in [9.17, 15) is 0 Å². The largest absolute Gasteiger partial charge is 0.497 e. The van der Waals surface area contributed by atoms with Crippen LogP contribution in [0.15, 0.2) is 60.7 Å². The molecule has 0 radical (unpaired) electrons. The van der Waals surface area contributed by atoms with Crippen molar-refractivity contribution in [3.8, 4) is 5.75 Å². The molecule has 0 saturated heterocycles. The third-order valence-corrected chi connectivity index (χ3v) is 7.13. The van der Waals surface area contributed by atoms with Crippen LogP contribution >= 0.6 is 0 Å². The molecule has 0 aliphatic heterocycles. The van der Waals surface area contributed by atoms with E-state index in [1.807, 2.05) is 6.07 Å². The molecular formula is C31H40N2O. The molecule has 0 aliphatic rings. The number of hydrogen-bond donors (Lipinski definition) is 0. The van der Waals surface area contributed by atoms with Gasteiger partial charge in [0.15, 0.2) is 0 Å². The van der Waals surface area contributed by atoms with Crippen molar-refractivity contribution >= 4 is 21.8 Å². The van der Waals surface area contributed by atoms with Crippen molar-refractivity contribution < 1.29 is 4.74 Å². The molecule has 1 aromatic heterocycles. The summed E-state index contributed by atoms with van der Waals surface area (Å²) in [6, 6.07) is 21.6. The molecule has 3 heteroatoms. The lowest BCUT2D eigenvalue weighted by Crippen LogP contribution is -2.09. The molecule has 0 fully saturated rings. The van der Waals surface area contributed by atoms with Crippen molar-refractivity contribution in [3.05, 3.63) is 72.1 Å². The van der Waals surface area contributed by atoms with Crippen LogP contribution in [0.4, 0.5) is 0 Å². The predicted octanol–water partition coefficient (Wildman–Crippen LogP) is 8.88. The van der Waals surface area contributed by atoms with Crippen molar-refractivity contribution in [1.29, 1.82) is 0 Å². The van der Waals surface area contributed by atoms with Crippen molar-refractivity contribution in [2.45, 2.75) is 84.1 Å². The minimum absolute atomic E-state index is 0.234. The summed E-state index contributed by atoms with van der Waals surface area (Å²) in [5.41, 5.74) is 3.67. The zero-order valence-electron chi connectivity index (χ0n) is 21.2. The second-order valence-electron chi connectivity index (χ2n) is 9.63. The standard InChI is InChI=1S/C31H40N2O/c1-4-5-6-7-8-9-10-11-14-21-33-30-16-13-12-15-29(30)32-31(33)24(2)25-17-18-27-23-28(34-3)20-19-26(27)22-25/h12-13,15-20,22-24H,4-11,14,21H2,1-3H3. The van der Waals surface area contributed by atoms with Crippen LogP contribution in [0, 0.1) is 0 Å². The Balaban J connectivity index is 1.46. The molecule has 0 saturated carbocycles. The average Bonchev–Trinajstić information content (AvgIpc) is 3.25. The number of hydrogen-bond acceptors (Lipinski definition) is 2. The Morgan fingerprint density at radius 3 is 2.24 bits per heavy atom. The lowest BCUT2D eigenvalue weighted by molar-refractivity contribution is 0.415. The van der Waals surface area contributed by atoms with Crippen LogP contribution in [-0.2, 0) is 6.54 Å². The Labute approximate surface area is 205 Å². The van der Waals surface area contributed by atoms with Gasteiger partial charge in [0.1, 0.15) is 11.6 Å². The van der Waals surface area contributed by atoms with E-state index in [2.05, 4.69) is 73.0 Å². The molecule has 4 aromatic rings. The summed E-state index contributed by atoms with van der Waals surface area (Å²) in [7, 11) is 1.72. The fourth-order valence-corrected chi connectivity index (χ4v) is 5.03. The average molecular weight is 457 g/mol. The summed E-state index contributed by atoms with van der Waals surface area (Å²) in [5, 5.41) is 2.45. The topological polar surface area (TPSA) is 27.1 Å².